The molecule has 0 aromatic heterocycles. The monoisotopic (exact) mass is 734 g/mol. The van der Waals surface area contributed by atoms with Crippen LogP contribution in [0.3, 0.4) is 0 Å². The molecule has 0 atom stereocenters. The van der Waals surface area contributed by atoms with E-state index in [2.05, 4.69) is 0 Å². The van der Waals surface area contributed by atoms with Crippen molar-refractivity contribution in [1.29, 1.82) is 0 Å². The summed E-state index contributed by atoms with van der Waals surface area (Å²) in [6.45, 7) is 15.0. The van der Waals surface area contributed by atoms with Gasteiger partial charge in [-0.15, -0.1) is 0 Å². The van der Waals surface area contributed by atoms with Crippen molar-refractivity contribution in [3.63, 3.8) is 0 Å². The Morgan fingerprint density at radius 1 is 0.615 bits per heavy atom. The maximum atomic E-state index is 15.1. The first kappa shape index (κ1) is 42.4. The van der Waals surface area contributed by atoms with Crippen LogP contribution in [0, 0.1) is 6.92 Å². The summed E-state index contributed by atoms with van der Waals surface area (Å²) >= 11 is 0. The van der Waals surface area contributed by atoms with Crippen LogP contribution < -0.4 is 39.1 Å². The number of hydrogen-bond acceptors (Lipinski definition) is 13. The molecule has 0 aliphatic carbocycles. The first-order valence-electron chi connectivity index (χ1n) is 15.8. The maximum Gasteiger partial charge on any atom is 0.405 e. The highest BCUT2D eigenvalue weighted by molar-refractivity contribution is 6.20. The average Bonchev–Trinajstić information content (AvgIpc) is 2.98. The summed E-state index contributed by atoms with van der Waals surface area (Å²) in [5, 5.41) is 21.8. The van der Waals surface area contributed by atoms with Gasteiger partial charge < -0.3 is 54.0 Å². The zero-order valence-corrected chi connectivity index (χ0v) is 31.3. The minimum Gasteiger partial charge on any atom is -0.492 e. The van der Waals surface area contributed by atoms with Crippen molar-refractivity contribution in [1.82, 2.24) is 10.6 Å². The number of ether oxygens (including phenoxy) is 7. The van der Waals surface area contributed by atoms with Crippen molar-refractivity contribution in [2.75, 3.05) is 27.3 Å². The second-order valence-corrected chi connectivity index (χ2v) is 14.1. The van der Waals surface area contributed by atoms with Crippen molar-refractivity contribution < 1.29 is 72.1 Å². The molecule has 0 saturated heterocycles. The van der Waals surface area contributed by atoms with Crippen LogP contribution >= 0.6 is 0 Å². The molecular weight excluding hydrogens is 688 g/mol. The standard InChI is InChI=1S/C35H46N2O15/c1-17-13-19(50-33(2,3)4)24(29(52-35(8,9)10)26(17)48-21(38)15-36-31(42)43)25(40)23-18(30(41)47-12)14-20(51-34(5,6)7)27(28(23)46-11)49-22(39)16-37-32(44)45/h13-14,36-37H,15-16H2,1-12H3,(H,42,43)(H,44,45). The predicted molar refractivity (Wildman–Crippen MR) is 183 cm³/mol. The molecule has 0 bridgehead atoms. The molecule has 0 unspecified atom stereocenters. The van der Waals surface area contributed by atoms with Crippen LogP contribution in [0.4, 0.5) is 9.59 Å². The highest BCUT2D eigenvalue weighted by atomic mass is 16.6. The molecule has 2 rings (SSSR count). The van der Waals surface area contributed by atoms with Crippen LogP contribution in [0.15, 0.2) is 12.1 Å². The van der Waals surface area contributed by atoms with Gasteiger partial charge in [-0.1, -0.05) is 0 Å². The molecule has 0 saturated carbocycles. The quantitative estimate of drug-likeness (QED) is 0.122. The first-order valence-corrected chi connectivity index (χ1v) is 15.8. The average molecular weight is 735 g/mol. The van der Waals surface area contributed by atoms with E-state index in [1.54, 1.807) is 62.3 Å². The Kier molecular flexibility index (Phi) is 13.5. The molecule has 2 amide bonds. The molecule has 0 fully saturated rings. The number of ketones is 1. The van der Waals surface area contributed by atoms with Gasteiger partial charge in [-0.3, -0.25) is 4.79 Å². The highest BCUT2D eigenvalue weighted by Gasteiger charge is 2.38. The summed E-state index contributed by atoms with van der Waals surface area (Å²) in [5.74, 6) is -6.15. The molecule has 0 aliphatic rings. The van der Waals surface area contributed by atoms with Gasteiger partial charge in [0.2, 0.25) is 11.5 Å². The summed E-state index contributed by atoms with van der Waals surface area (Å²) in [6.07, 6.45) is -3.00. The minimum atomic E-state index is -1.51. The van der Waals surface area contributed by atoms with Gasteiger partial charge in [0.15, 0.2) is 23.0 Å². The Morgan fingerprint density at radius 2 is 1.08 bits per heavy atom. The third kappa shape index (κ3) is 11.9. The summed E-state index contributed by atoms with van der Waals surface area (Å²) in [6, 6.07) is 2.49. The molecular formula is C35H46N2O15. The van der Waals surface area contributed by atoms with E-state index in [1.165, 1.54) is 13.0 Å². The van der Waals surface area contributed by atoms with Gasteiger partial charge in [0.25, 0.3) is 0 Å². The fourth-order valence-electron chi connectivity index (χ4n) is 4.43. The molecule has 17 heteroatoms. The lowest BCUT2D eigenvalue weighted by Crippen LogP contribution is -2.32. The topological polar surface area (TPSA) is 232 Å². The van der Waals surface area contributed by atoms with Crippen LogP contribution in [0.5, 0.6) is 34.5 Å². The van der Waals surface area contributed by atoms with E-state index in [0.717, 1.165) is 20.3 Å². The largest absolute Gasteiger partial charge is 0.492 e. The van der Waals surface area contributed by atoms with E-state index in [-0.39, 0.29) is 34.1 Å². The summed E-state index contributed by atoms with van der Waals surface area (Å²) in [4.78, 5) is 76.4. The van der Waals surface area contributed by atoms with E-state index < -0.39 is 88.4 Å². The van der Waals surface area contributed by atoms with Crippen molar-refractivity contribution in [2.24, 2.45) is 0 Å². The fraction of sp³-hybridized carbons (Fsp3) is 0.486. The Hall–Kier alpha value is -5.74. The molecule has 17 nitrogen and oxygen atoms in total. The van der Waals surface area contributed by atoms with Gasteiger partial charge in [0.05, 0.1) is 25.3 Å². The number of carbonyl (C=O) groups excluding carboxylic acids is 4. The number of rotatable bonds is 13. The molecule has 286 valence electrons. The van der Waals surface area contributed by atoms with E-state index in [0.29, 0.717) is 0 Å². The normalized spacial score (nSPS) is 11.5. The molecule has 0 heterocycles. The SMILES string of the molecule is COC(=O)c1cc(OC(C)(C)C)c(OC(=O)CNC(=O)O)c(OC)c1C(=O)c1c(OC(C)(C)C)cc(C)c(OC(=O)CNC(=O)O)c1OC(C)(C)C. The van der Waals surface area contributed by atoms with Gasteiger partial charge in [0, 0.05) is 0 Å². The molecule has 0 aliphatic heterocycles. The van der Waals surface area contributed by atoms with Gasteiger partial charge in [0.1, 0.15) is 41.2 Å². The number of carboxylic acid groups (broad SMARTS) is 2. The lowest BCUT2D eigenvalue weighted by atomic mass is 9.93. The predicted octanol–water partition coefficient (Wildman–Crippen LogP) is 4.90. The van der Waals surface area contributed by atoms with Gasteiger partial charge in [-0.25, -0.2) is 24.0 Å². The van der Waals surface area contributed by atoms with Crippen LogP contribution in [0.1, 0.15) is 94.2 Å². The lowest BCUT2D eigenvalue weighted by molar-refractivity contribution is -0.134. The second-order valence-electron chi connectivity index (χ2n) is 14.1. The smallest absolute Gasteiger partial charge is 0.405 e. The van der Waals surface area contributed by atoms with Gasteiger partial charge >= 0.3 is 30.1 Å². The summed E-state index contributed by atoms with van der Waals surface area (Å²) < 4.78 is 40.2. The third-order valence-corrected chi connectivity index (χ3v) is 6.09. The summed E-state index contributed by atoms with van der Waals surface area (Å²) in [5.41, 5.74) is -4.06. The Balaban J connectivity index is 3.20. The van der Waals surface area contributed by atoms with E-state index >= 15 is 4.79 Å². The molecule has 2 aromatic rings. The number of esters is 3. The molecule has 2 aromatic carbocycles. The van der Waals surface area contributed by atoms with E-state index in [9.17, 15) is 24.0 Å². The lowest BCUT2D eigenvalue weighted by Gasteiger charge is -2.30. The first-order chi connectivity index (χ1) is 23.8. The molecule has 52 heavy (non-hydrogen) atoms. The van der Waals surface area contributed by atoms with Crippen molar-refractivity contribution >= 4 is 35.9 Å². The molecule has 0 radical (unpaired) electrons. The van der Waals surface area contributed by atoms with Crippen molar-refractivity contribution in [3.8, 4) is 34.5 Å². The Bertz CT molecular complexity index is 1730. The number of carbonyl (C=O) groups is 6. The number of amides is 2. The number of aryl methyl sites for hydroxylation is 1. The number of methoxy groups -OCH3 is 2. The van der Waals surface area contributed by atoms with E-state index in [4.69, 9.17) is 43.4 Å². The highest BCUT2D eigenvalue weighted by Crippen LogP contribution is 2.49. The van der Waals surface area contributed by atoms with Crippen molar-refractivity contribution in [2.45, 2.75) is 86.0 Å². The molecule has 4 N–H and O–H groups in total. The zero-order chi connectivity index (χ0) is 39.9. The van der Waals surface area contributed by atoms with E-state index in [1.807, 2.05) is 10.6 Å². The fourth-order valence-corrected chi connectivity index (χ4v) is 4.43. The van der Waals surface area contributed by atoms with Crippen LogP contribution in [0.25, 0.3) is 0 Å². The number of nitrogens with one attached hydrogen (secondary N) is 2. The van der Waals surface area contributed by atoms with Gasteiger partial charge in [-0.05, 0) is 86.9 Å². The Labute approximate surface area is 300 Å². The second kappa shape index (κ2) is 16.5. The Morgan fingerprint density at radius 3 is 1.50 bits per heavy atom. The number of benzene rings is 2. The van der Waals surface area contributed by atoms with Crippen LogP contribution in [-0.2, 0) is 14.3 Å². The summed E-state index contributed by atoms with van der Waals surface area (Å²) in [7, 11) is 2.19. The number of hydrogen-bond donors (Lipinski definition) is 4. The van der Waals surface area contributed by atoms with Crippen LogP contribution in [-0.4, -0.2) is 90.2 Å². The maximum absolute atomic E-state index is 15.1. The molecule has 0 spiro atoms. The third-order valence-electron chi connectivity index (χ3n) is 6.09. The minimum absolute atomic E-state index is 0.0881. The van der Waals surface area contributed by atoms with Crippen molar-refractivity contribution in [3.05, 3.63) is 34.4 Å². The van der Waals surface area contributed by atoms with Gasteiger partial charge in [-0.2, -0.15) is 0 Å². The zero-order valence-electron chi connectivity index (χ0n) is 31.3. The van der Waals surface area contributed by atoms with Crippen LogP contribution in [0.2, 0.25) is 0 Å².